The molecule has 0 fully saturated rings. The maximum Gasteiger partial charge on any atom is 0.335 e. The number of phenols is 2. The second-order valence-electron chi connectivity index (χ2n) is 4.99. The van der Waals surface area contributed by atoms with Crippen LogP contribution in [0, 0.1) is 0 Å². The van der Waals surface area contributed by atoms with E-state index in [1.165, 1.54) is 12.1 Å². The molecule has 0 aliphatic heterocycles. The molecule has 0 atom stereocenters. The monoisotopic (exact) mass is 287 g/mol. The first kappa shape index (κ1) is 14.9. The molecule has 0 saturated heterocycles. The van der Waals surface area contributed by atoms with Crippen molar-refractivity contribution in [2.75, 3.05) is 7.05 Å². The SMILES string of the molecule is CN(Cc1ccc(C(=O)O)cc1)Cc1ccc(O)cc1O. The molecular weight excluding hydrogens is 270 g/mol. The summed E-state index contributed by atoms with van der Waals surface area (Å²) in [5.41, 5.74) is 1.97. The number of rotatable bonds is 5. The Balaban J connectivity index is 2.01. The van der Waals surface area contributed by atoms with Crippen LogP contribution in [0.2, 0.25) is 0 Å². The zero-order chi connectivity index (χ0) is 15.4. The second-order valence-corrected chi connectivity index (χ2v) is 4.99. The number of phenolic OH excluding ortho intramolecular Hbond substituents is 2. The molecule has 2 aromatic carbocycles. The Hall–Kier alpha value is -2.53. The lowest BCUT2D eigenvalue weighted by atomic mass is 10.1. The van der Waals surface area contributed by atoms with E-state index in [2.05, 4.69) is 0 Å². The van der Waals surface area contributed by atoms with Crippen molar-refractivity contribution in [3.05, 3.63) is 59.2 Å². The quantitative estimate of drug-likeness (QED) is 0.787. The summed E-state index contributed by atoms with van der Waals surface area (Å²) in [6.45, 7) is 1.15. The molecule has 0 amide bonds. The zero-order valence-electron chi connectivity index (χ0n) is 11.7. The summed E-state index contributed by atoms with van der Waals surface area (Å²) in [7, 11) is 1.90. The Morgan fingerprint density at radius 1 is 1.05 bits per heavy atom. The fourth-order valence-electron chi connectivity index (χ4n) is 2.10. The van der Waals surface area contributed by atoms with Crippen LogP contribution in [0.1, 0.15) is 21.5 Å². The molecule has 0 saturated carbocycles. The molecular formula is C16H17NO4. The number of benzene rings is 2. The minimum atomic E-state index is -0.941. The van der Waals surface area contributed by atoms with Crippen molar-refractivity contribution in [1.82, 2.24) is 4.90 Å². The number of carboxylic acid groups (broad SMARTS) is 1. The molecule has 0 bridgehead atoms. The largest absolute Gasteiger partial charge is 0.508 e. The van der Waals surface area contributed by atoms with Gasteiger partial charge in [0.25, 0.3) is 0 Å². The molecule has 0 unspecified atom stereocenters. The molecule has 0 aliphatic carbocycles. The summed E-state index contributed by atoms with van der Waals surface area (Å²) in [6.07, 6.45) is 0. The van der Waals surface area contributed by atoms with Crippen molar-refractivity contribution in [3.8, 4) is 11.5 Å². The lowest BCUT2D eigenvalue weighted by molar-refractivity contribution is 0.0697. The van der Waals surface area contributed by atoms with Gasteiger partial charge >= 0.3 is 5.97 Å². The van der Waals surface area contributed by atoms with Gasteiger partial charge in [-0.1, -0.05) is 18.2 Å². The van der Waals surface area contributed by atoms with Crippen LogP contribution in [0.4, 0.5) is 0 Å². The number of carbonyl (C=O) groups is 1. The predicted molar refractivity (Wildman–Crippen MR) is 78.3 cm³/mol. The van der Waals surface area contributed by atoms with Crippen molar-refractivity contribution in [1.29, 1.82) is 0 Å². The summed E-state index contributed by atoms with van der Waals surface area (Å²) >= 11 is 0. The summed E-state index contributed by atoms with van der Waals surface area (Å²) < 4.78 is 0. The summed E-state index contributed by atoms with van der Waals surface area (Å²) in [4.78, 5) is 12.8. The molecule has 0 aromatic heterocycles. The number of aromatic hydroxyl groups is 2. The maximum atomic E-state index is 10.8. The third kappa shape index (κ3) is 3.97. The van der Waals surface area contributed by atoms with E-state index in [0.29, 0.717) is 13.1 Å². The Bertz CT molecular complexity index is 637. The van der Waals surface area contributed by atoms with Crippen LogP contribution < -0.4 is 0 Å². The number of nitrogens with zero attached hydrogens (tertiary/aromatic N) is 1. The van der Waals surface area contributed by atoms with Crippen LogP contribution in [0.25, 0.3) is 0 Å². The first-order chi connectivity index (χ1) is 9.95. The third-order valence-electron chi connectivity index (χ3n) is 3.16. The molecule has 110 valence electrons. The van der Waals surface area contributed by atoms with E-state index in [1.807, 2.05) is 11.9 Å². The Kier molecular flexibility index (Phi) is 4.45. The topological polar surface area (TPSA) is 81.0 Å². The molecule has 5 heteroatoms. The Labute approximate surface area is 122 Å². The highest BCUT2D eigenvalue weighted by Gasteiger charge is 2.08. The van der Waals surface area contributed by atoms with Gasteiger partial charge in [-0.2, -0.15) is 0 Å². The highest BCUT2D eigenvalue weighted by atomic mass is 16.4. The molecule has 0 aliphatic rings. The van der Waals surface area contributed by atoms with E-state index < -0.39 is 5.97 Å². The van der Waals surface area contributed by atoms with Gasteiger partial charge in [-0.15, -0.1) is 0 Å². The summed E-state index contributed by atoms with van der Waals surface area (Å²) in [6, 6.07) is 11.2. The van der Waals surface area contributed by atoms with Gasteiger partial charge in [-0.25, -0.2) is 4.79 Å². The van der Waals surface area contributed by atoms with E-state index in [1.54, 1.807) is 30.3 Å². The minimum Gasteiger partial charge on any atom is -0.508 e. The predicted octanol–water partition coefficient (Wildman–Crippen LogP) is 2.43. The van der Waals surface area contributed by atoms with Gasteiger partial charge in [0.15, 0.2) is 0 Å². The molecule has 0 spiro atoms. The first-order valence-electron chi connectivity index (χ1n) is 6.47. The average Bonchev–Trinajstić information content (AvgIpc) is 2.42. The van der Waals surface area contributed by atoms with Crippen LogP contribution in [0.3, 0.4) is 0 Å². The molecule has 5 nitrogen and oxygen atoms in total. The Morgan fingerprint density at radius 2 is 1.71 bits per heavy atom. The van der Waals surface area contributed by atoms with Crippen molar-refractivity contribution in [3.63, 3.8) is 0 Å². The van der Waals surface area contributed by atoms with Crippen molar-refractivity contribution < 1.29 is 20.1 Å². The molecule has 3 N–H and O–H groups in total. The standard InChI is InChI=1S/C16H17NO4/c1-17(10-13-6-7-14(18)8-15(13)19)9-11-2-4-12(5-3-11)16(20)21/h2-8,18-19H,9-10H2,1H3,(H,20,21). The average molecular weight is 287 g/mol. The van der Waals surface area contributed by atoms with Gasteiger partial charge in [-0.05, 0) is 30.8 Å². The lowest BCUT2D eigenvalue weighted by Gasteiger charge is -2.17. The number of aromatic carboxylic acids is 1. The fraction of sp³-hybridized carbons (Fsp3) is 0.188. The number of hydrogen-bond donors (Lipinski definition) is 3. The first-order valence-corrected chi connectivity index (χ1v) is 6.47. The van der Waals surface area contributed by atoms with E-state index >= 15 is 0 Å². The van der Waals surface area contributed by atoms with Gasteiger partial charge in [0.1, 0.15) is 11.5 Å². The molecule has 21 heavy (non-hydrogen) atoms. The highest BCUT2D eigenvalue weighted by Crippen LogP contribution is 2.23. The highest BCUT2D eigenvalue weighted by molar-refractivity contribution is 5.87. The van der Waals surface area contributed by atoms with Crippen LogP contribution in [0.5, 0.6) is 11.5 Å². The normalized spacial score (nSPS) is 10.8. The zero-order valence-corrected chi connectivity index (χ0v) is 11.7. The van der Waals surface area contributed by atoms with Crippen molar-refractivity contribution >= 4 is 5.97 Å². The van der Waals surface area contributed by atoms with Crippen molar-refractivity contribution in [2.24, 2.45) is 0 Å². The van der Waals surface area contributed by atoms with Gasteiger partial charge < -0.3 is 15.3 Å². The van der Waals surface area contributed by atoms with E-state index in [0.717, 1.165) is 11.1 Å². The van der Waals surface area contributed by atoms with Crippen LogP contribution in [0.15, 0.2) is 42.5 Å². The molecule has 2 aromatic rings. The van der Waals surface area contributed by atoms with Crippen LogP contribution in [-0.4, -0.2) is 33.2 Å². The van der Waals surface area contributed by atoms with Gasteiger partial charge in [-0.3, -0.25) is 4.90 Å². The van der Waals surface area contributed by atoms with Gasteiger partial charge in [0.2, 0.25) is 0 Å². The van der Waals surface area contributed by atoms with Gasteiger partial charge in [0.05, 0.1) is 5.56 Å². The summed E-state index contributed by atoms with van der Waals surface area (Å²) in [5.74, 6) is -0.852. The maximum absolute atomic E-state index is 10.8. The number of hydrogen-bond acceptors (Lipinski definition) is 4. The van der Waals surface area contributed by atoms with E-state index in [-0.39, 0.29) is 17.1 Å². The molecule has 0 radical (unpaired) electrons. The third-order valence-corrected chi connectivity index (χ3v) is 3.16. The minimum absolute atomic E-state index is 0.0307. The molecule has 2 rings (SSSR count). The van der Waals surface area contributed by atoms with E-state index in [4.69, 9.17) is 5.11 Å². The molecule has 0 heterocycles. The van der Waals surface area contributed by atoms with Crippen LogP contribution >= 0.6 is 0 Å². The lowest BCUT2D eigenvalue weighted by Crippen LogP contribution is -2.17. The van der Waals surface area contributed by atoms with E-state index in [9.17, 15) is 15.0 Å². The second kappa shape index (κ2) is 6.28. The van der Waals surface area contributed by atoms with Crippen LogP contribution in [-0.2, 0) is 13.1 Å². The smallest absolute Gasteiger partial charge is 0.335 e. The fourth-order valence-corrected chi connectivity index (χ4v) is 2.10. The van der Waals surface area contributed by atoms with Gasteiger partial charge in [0, 0.05) is 24.7 Å². The number of carboxylic acids is 1. The van der Waals surface area contributed by atoms with Crippen molar-refractivity contribution in [2.45, 2.75) is 13.1 Å². The Morgan fingerprint density at radius 3 is 2.29 bits per heavy atom. The summed E-state index contributed by atoms with van der Waals surface area (Å²) in [5, 5.41) is 27.9.